The van der Waals surface area contributed by atoms with E-state index in [1.54, 1.807) is 37.3 Å². The van der Waals surface area contributed by atoms with Gasteiger partial charge in [0.1, 0.15) is 23.8 Å². The monoisotopic (exact) mass is 446 g/mol. The SMILES string of the molecule is CCNc1[nH]c(=O)n(OCc2ccccc2)c(=O)c1C(=O)NCc1cccc(Cl)c1F. The Kier molecular flexibility index (Phi) is 7.09. The third-order valence-electron chi connectivity index (χ3n) is 4.32. The molecular formula is C21H20ClFN4O4. The number of rotatable bonds is 8. The molecule has 3 rings (SSSR count). The van der Waals surface area contributed by atoms with E-state index in [0.29, 0.717) is 11.3 Å². The van der Waals surface area contributed by atoms with Crippen LogP contribution >= 0.6 is 11.6 Å². The first-order valence-electron chi connectivity index (χ1n) is 9.43. The van der Waals surface area contributed by atoms with Gasteiger partial charge in [-0.3, -0.25) is 14.6 Å². The van der Waals surface area contributed by atoms with Gasteiger partial charge in [0.05, 0.1) is 5.02 Å². The van der Waals surface area contributed by atoms with Gasteiger partial charge in [-0.1, -0.05) is 58.8 Å². The van der Waals surface area contributed by atoms with Crippen LogP contribution in [0.2, 0.25) is 5.02 Å². The van der Waals surface area contributed by atoms with Crippen molar-refractivity contribution < 1.29 is 14.0 Å². The lowest BCUT2D eigenvalue weighted by atomic mass is 10.2. The van der Waals surface area contributed by atoms with E-state index in [1.165, 1.54) is 12.1 Å². The van der Waals surface area contributed by atoms with Crippen LogP contribution in [0.5, 0.6) is 0 Å². The van der Waals surface area contributed by atoms with E-state index in [2.05, 4.69) is 15.6 Å². The van der Waals surface area contributed by atoms with Crippen molar-refractivity contribution in [3.63, 3.8) is 0 Å². The summed E-state index contributed by atoms with van der Waals surface area (Å²) in [4.78, 5) is 45.8. The Hall–Kier alpha value is -3.59. The molecule has 31 heavy (non-hydrogen) atoms. The summed E-state index contributed by atoms with van der Waals surface area (Å²) in [5, 5.41) is 5.17. The van der Waals surface area contributed by atoms with Gasteiger partial charge in [-0.15, -0.1) is 0 Å². The molecule has 2 aromatic carbocycles. The molecule has 1 aromatic heterocycles. The van der Waals surface area contributed by atoms with Crippen molar-refractivity contribution in [3.05, 3.63) is 96.9 Å². The van der Waals surface area contributed by atoms with Crippen LogP contribution in [0.15, 0.2) is 58.1 Å². The second kappa shape index (κ2) is 9.94. The fourth-order valence-corrected chi connectivity index (χ4v) is 3.01. The molecule has 162 valence electrons. The molecule has 0 atom stereocenters. The van der Waals surface area contributed by atoms with Gasteiger partial charge in [-0.05, 0) is 18.6 Å². The topological polar surface area (TPSA) is 105 Å². The number of aromatic nitrogens is 2. The molecule has 0 aliphatic heterocycles. The number of aromatic amines is 1. The summed E-state index contributed by atoms with van der Waals surface area (Å²) < 4.78 is 14.6. The van der Waals surface area contributed by atoms with Gasteiger partial charge in [0.2, 0.25) is 0 Å². The summed E-state index contributed by atoms with van der Waals surface area (Å²) in [6.07, 6.45) is 0. The predicted octanol–water partition coefficient (Wildman–Crippen LogP) is 2.32. The third-order valence-corrected chi connectivity index (χ3v) is 4.61. The number of H-pyrrole nitrogens is 1. The summed E-state index contributed by atoms with van der Waals surface area (Å²) in [6, 6.07) is 13.3. The van der Waals surface area contributed by atoms with Crippen molar-refractivity contribution in [1.29, 1.82) is 0 Å². The van der Waals surface area contributed by atoms with Crippen molar-refractivity contribution in [2.24, 2.45) is 0 Å². The van der Waals surface area contributed by atoms with Crippen LogP contribution in [-0.2, 0) is 13.2 Å². The fraction of sp³-hybridized carbons (Fsp3) is 0.190. The number of anilines is 1. The summed E-state index contributed by atoms with van der Waals surface area (Å²) in [5.41, 5.74) is -1.27. The maximum absolute atomic E-state index is 14.1. The normalized spacial score (nSPS) is 10.5. The number of amides is 1. The van der Waals surface area contributed by atoms with Gasteiger partial charge in [0, 0.05) is 18.7 Å². The molecule has 3 N–H and O–H groups in total. The van der Waals surface area contributed by atoms with Crippen LogP contribution in [0.4, 0.5) is 10.2 Å². The minimum absolute atomic E-state index is 0.0545. The molecule has 0 spiro atoms. The van der Waals surface area contributed by atoms with Gasteiger partial charge >= 0.3 is 11.2 Å². The number of carbonyl (C=O) groups excluding carboxylic acids is 1. The van der Waals surface area contributed by atoms with Crippen molar-refractivity contribution in [1.82, 2.24) is 15.0 Å². The summed E-state index contributed by atoms with van der Waals surface area (Å²) in [5.74, 6) is -1.53. The van der Waals surface area contributed by atoms with E-state index in [4.69, 9.17) is 16.4 Å². The zero-order chi connectivity index (χ0) is 22.4. The minimum Gasteiger partial charge on any atom is -0.401 e. The smallest absolute Gasteiger partial charge is 0.363 e. The second-order valence-corrected chi connectivity index (χ2v) is 6.87. The Labute approximate surface area is 181 Å². The fourth-order valence-electron chi connectivity index (χ4n) is 2.82. The maximum Gasteiger partial charge on any atom is 0.363 e. The zero-order valence-electron chi connectivity index (χ0n) is 16.6. The molecule has 0 saturated carbocycles. The summed E-state index contributed by atoms with van der Waals surface area (Å²) in [7, 11) is 0. The molecule has 0 radical (unpaired) electrons. The highest BCUT2D eigenvalue weighted by atomic mass is 35.5. The van der Waals surface area contributed by atoms with E-state index in [1.807, 2.05) is 6.07 Å². The van der Waals surface area contributed by atoms with E-state index >= 15 is 0 Å². The van der Waals surface area contributed by atoms with E-state index in [0.717, 1.165) is 5.56 Å². The molecule has 0 aliphatic carbocycles. The maximum atomic E-state index is 14.1. The second-order valence-electron chi connectivity index (χ2n) is 6.46. The van der Waals surface area contributed by atoms with Crippen LogP contribution in [0.1, 0.15) is 28.4 Å². The molecule has 0 aliphatic rings. The highest BCUT2D eigenvalue weighted by Crippen LogP contribution is 2.17. The number of nitrogens with zero attached hydrogens (tertiary/aromatic N) is 1. The van der Waals surface area contributed by atoms with Gasteiger partial charge in [-0.25, -0.2) is 9.18 Å². The predicted molar refractivity (Wildman–Crippen MR) is 115 cm³/mol. The molecule has 0 unspecified atom stereocenters. The molecule has 1 heterocycles. The number of nitrogens with one attached hydrogen (secondary N) is 3. The van der Waals surface area contributed by atoms with Crippen LogP contribution in [-0.4, -0.2) is 22.2 Å². The van der Waals surface area contributed by atoms with E-state index < -0.39 is 23.0 Å². The molecule has 10 heteroatoms. The minimum atomic E-state index is -0.945. The van der Waals surface area contributed by atoms with Crippen molar-refractivity contribution >= 4 is 23.3 Å². The van der Waals surface area contributed by atoms with Crippen LogP contribution in [0.25, 0.3) is 0 Å². The third kappa shape index (κ3) is 5.13. The molecule has 1 amide bonds. The van der Waals surface area contributed by atoms with Gasteiger partial charge in [0.15, 0.2) is 0 Å². The number of carbonyl (C=O) groups is 1. The Balaban J connectivity index is 1.89. The molecule has 3 aromatic rings. The number of hydrogen-bond acceptors (Lipinski definition) is 5. The van der Waals surface area contributed by atoms with E-state index in [-0.39, 0.29) is 35.1 Å². The van der Waals surface area contributed by atoms with Gasteiger partial charge in [-0.2, -0.15) is 0 Å². The molecule has 8 nitrogen and oxygen atoms in total. The Bertz CT molecular complexity index is 1190. The first kappa shape index (κ1) is 22.1. The highest BCUT2D eigenvalue weighted by Gasteiger charge is 2.22. The van der Waals surface area contributed by atoms with Crippen LogP contribution in [0, 0.1) is 5.82 Å². The molecule has 0 fully saturated rings. The van der Waals surface area contributed by atoms with Gasteiger partial charge < -0.3 is 15.5 Å². The Morgan fingerprint density at radius 2 is 1.90 bits per heavy atom. The van der Waals surface area contributed by atoms with Crippen molar-refractivity contribution in [3.8, 4) is 0 Å². The van der Waals surface area contributed by atoms with Crippen LogP contribution < -0.4 is 26.7 Å². The Morgan fingerprint density at radius 1 is 1.16 bits per heavy atom. The first-order valence-corrected chi connectivity index (χ1v) is 9.81. The zero-order valence-corrected chi connectivity index (χ0v) is 17.3. The molecule has 0 saturated heterocycles. The molecule has 0 bridgehead atoms. The Morgan fingerprint density at radius 3 is 2.61 bits per heavy atom. The van der Waals surface area contributed by atoms with Crippen molar-refractivity contribution in [2.45, 2.75) is 20.1 Å². The quantitative estimate of drug-likeness (QED) is 0.492. The average molecular weight is 447 g/mol. The lowest BCUT2D eigenvalue weighted by molar-refractivity contribution is 0.0764. The largest absolute Gasteiger partial charge is 0.401 e. The number of halogens is 2. The lowest BCUT2D eigenvalue weighted by Gasteiger charge is -2.14. The molecular weight excluding hydrogens is 427 g/mol. The summed E-state index contributed by atoms with van der Waals surface area (Å²) >= 11 is 5.75. The van der Waals surface area contributed by atoms with Crippen LogP contribution in [0.3, 0.4) is 0 Å². The number of hydrogen-bond donors (Lipinski definition) is 3. The van der Waals surface area contributed by atoms with Crippen molar-refractivity contribution in [2.75, 3.05) is 11.9 Å². The lowest BCUT2D eigenvalue weighted by Crippen LogP contribution is -2.45. The average Bonchev–Trinajstić information content (AvgIpc) is 2.75. The summed E-state index contributed by atoms with van der Waals surface area (Å²) in [6.45, 7) is 1.81. The number of benzene rings is 2. The van der Waals surface area contributed by atoms with Gasteiger partial charge in [0.25, 0.3) is 5.91 Å². The highest BCUT2D eigenvalue weighted by molar-refractivity contribution is 6.30. The van der Waals surface area contributed by atoms with E-state index in [9.17, 15) is 18.8 Å². The first-order chi connectivity index (χ1) is 14.9. The standard InChI is InChI=1S/C21H20ClFN4O4/c1-2-24-18-16(19(28)25-11-14-9-6-10-15(22)17(14)23)20(29)27(21(30)26-18)31-12-13-7-4-3-5-8-13/h3-10,24H,2,11-12H2,1H3,(H,25,28)(H,26,30).